The standard InChI is InChI=1S/C38H62O12/c1-18-7-12-38(46-16-18)19(2)28-26(50-38)14-24-22-6-5-20-13-21(8-10-36(20,3)23(22)9-11-37(24,28)4)47-35-32(44)30(42)33(27(15-39)48-35)49-34-31(43)29(41)25(40)17-45-34/h18-35,39-44H,5-17H2,1-4H3/t18-,19-,20+,21-,22+,23-,24-,25-,26-,27+,28-,29-,30+,31+,32+,33+,34-,35+,36-,37-,38+/m0/s1. The van der Waals surface area contributed by atoms with E-state index in [2.05, 4.69) is 27.7 Å². The van der Waals surface area contributed by atoms with Gasteiger partial charge in [0.25, 0.3) is 0 Å². The molecule has 0 amide bonds. The minimum absolute atomic E-state index is 0.156. The minimum Gasteiger partial charge on any atom is -0.394 e. The highest BCUT2D eigenvalue weighted by Gasteiger charge is 2.69. The van der Waals surface area contributed by atoms with Crippen molar-refractivity contribution in [3.05, 3.63) is 0 Å². The highest BCUT2D eigenvalue weighted by molar-refractivity contribution is 5.15. The molecule has 4 saturated carbocycles. The molecule has 4 aliphatic heterocycles. The lowest BCUT2D eigenvalue weighted by atomic mass is 9.44. The Balaban J connectivity index is 0.894. The summed E-state index contributed by atoms with van der Waals surface area (Å²) in [5.74, 6) is 3.74. The summed E-state index contributed by atoms with van der Waals surface area (Å²) in [6.45, 7) is 9.79. The Morgan fingerprint density at radius 3 is 2.24 bits per heavy atom. The Morgan fingerprint density at radius 1 is 0.740 bits per heavy atom. The fourth-order valence-corrected chi connectivity index (χ4v) is 12.9. The van der Waals surface area contributed by atoms with Crippen molar-refractivity contribution < 1.29 is 59.1 Å². The van der Waals surface area contributed by atoms with Crippen LogP contribution in [-0.2, 0) is 28.4 Å². The summed E-state index contributed by atoms with van der Waals surface area (Å²) < 4.78 is 36.9. The second-order valence-electron chi connectivity index (χ2n) is 18.3. The van der Waals surface area contributed by atoms with Gasteiger partial charge in [0, 0.05) is 12.3 Å². The van der Waals surface area contributed by atoms with Crippen LogP contribution < -0.4 is 0 Å². The van der Waals surface area contributed by atoms with Crippen molar-refractivity contribution in [2.75, 3.05) is 19.8 Å². The Bertz CT molecular complexity index is 1210. The molecule has 12 heteroatoms. The SMILES string of the molecule is C[C@H]1CC[C@@]2(OC1)O[C@H]1C[C@H]3[C@@H]4CC[C@@H]5C[C@@H](O[C@@H]6O[C@H](CO)[C@@H](O[C@@H]7OC[C@H](O)[C@H](O)[C@H]7O)[C@H](O)[C@H]6O)CC[C@]5(C)[C@H]4CC[C@]3(C)[C@H]1[C@@H]2C. The predicted octanol–water partition coefficient (Wildman–Crippen LogP) is 2.08. The normalized spacial score (nSPS) is 59.4. The number of fused-ring (bicyclic) bond motifs is 7. The average Bonchev–Trinajstić information content (AvgIpc) is 3.55. The van der Waals surface area contributed by atoms with Gasteiger partial charge in [-0.2, -0.15) is 0 Å². The lowest BCUT2D eigenvalue weighted by Crippen LogP contribution is -2.63. The fraction of sp³-hybridized carbons (Fsp3) is 1.00. The summed E-state index contributed by atoms with van der Waals surface area (Å²) in [6, 6.07) is 0. The van der Waals surface area contributed by atoms with Crippen LogP contribution in [0.25, 0.3) is 0 Å². The molecule has 4 heterocycles. The van der Waals surface area contributed by atoms with E-state index in [-0.39, 0.29) is 29.3 Å². The molecule has 286 valence electrons. The maximum atomic E-state index is 11.1. The molecule has 0 unspecified atom stereocenters. The largest absolute Gasteiger partial charge is 0.394 e. The van der Waals surface area contributed by atoms with E-state index in [1.54, 1.807) is 0 Å². The maximum Gasteiger partial charge on any atom is 0.186 e. The van der Waals surface area contributed by atoms with Gasteiger partial charge in [-0.15, -0.1) is 0 Å². The molecular formula is C38H62O12. The zero-order chi connectivity index (χ0) is 35.3. The summed E-state index contributed by atoms with van der Waals surface area (Å²) in [5, 5.41) is 62.4. The van der Waals surface area contributed by atoms with Crippen LogP contribution in [0.1, 0.15) is 91.9 Å². The van der Waals surface area contributed by atoms with Gasteiger partial charge in [0.1, 0.15) is 42.7 Å². The molecule has 4 aliphatic carbocycles. The molecule has 0 radical (unpaired) electrons. The number of aliphatic hydroxyl groups is 6. The monoisotopic (exact) mass is 710 g/mol. The number of hydrogen-bond donors (Lipinski definition) is 6. The first-order valence-corrected chi connectivity index (χ1v) is 19.7. The Morgan fingerprint density at radius 2 is 1.50 bits per heavy atom. The van der Waals surface area contributed by atoms with Crippen molar-refractivity contribution in [3.8, 4) is 0 Å². The van der Waals surface area contributed by atoms with E-state index in [0.717, 1.165) is 45.1 Å². The van der Waals surface area contributed by atoms with Gasteiger partial charge in [-0.05, 0) is 104 Å². The molecule has 4 saturated heterocycles. The Labute approximate surface area is 296 Å². The third-order valence-electron chi connectivity index (χ3n) is 15.8. The first-order chi connectivity index (χ1) is 23.8. The van der Waals surface area contributed by atoms with E-state index >= 15 is 0 Å². The number of rotatable bonds is 5. The second kappa shape index (κ2) is 13.4. The predicted molar refractivity (Wildman–Crippen MR) is 177 cm³/mol. The molecule has 6 N–H and O–H groups in total. The van der Waals surface area contributed by atoms with Gasteiger partial charge in [-0.25, -0.2) is 0 Å². The molecule has 1 spiro atoms. The Kier molecular flexibility index (Phi) is 9.76. The van der Waals surface area contributed by atoms with E-state index in [1.807, 2.05) is 0 Å². The third kappa shape index (κ3) is 5.68. The molecule has 12 nitrogen and oxygen atoms in total. The molecular weight excluding hydrogens is 648 g/mol. The van der Waals surface area contributed by atoms with E-state index < -0.39 is 61.9 Å². The van der Waals surface area contributed by atoms with Crippen molar-refractivity contribution in [1.29, 1.82) is 0 Å². The van der Waals surface area contributed by atoms with Gasteiger partial charge >= 0.3 is 0 Å². The number of aliphatic hydroxyl groups excluding tert-OH is 6. The van der Waals surface area contributed by atoms with Crippen LogP contribution in [0.4, 0.5) is 0 Å². The van der Waals surface area contributed by atoms with Crippen molar-refractivity contribution in [2.45, 2.75) is 165 Å². The van der Waals surface area contributed by atoms with Gasteiger partial charge < -0.3 is 59.1 Å². The molecule has 0 aromatic carbocycles. The van der Waals surface area contributed by atoms with Crippen molar-refractivity contribution in [3.63, 3.8) is 0 Å². The number of ether oxygens (including phenoxy) is 6. The lowest BCUT2D eigenvalue weighted by molar-refractivity contribution is -0.354. The van der Waals surface area contributed by atoms with Crippen molar-refractivity contribution >= 4 is 0 Å². The minimum atomic E-state index is -1.58. The summed E-state index contributed by atoms with van der Waals surface area (Å²) in [7, 11) is 0. The van der Waals surface area contributed by atoms with Gasteiger partial charge in [0.15, 0.2) is 18.4 Å². The van der Waals surface area contributed by atoms with Gasteiger partial charge in [0.2, 0.25) is 0 Å². The van der Waals surface area contributed by atoms with E-state index in [0.29, 0.717) is 47.5 Å². The van der Waals surface area contributed by atoms with Crippen molar-refractivity contribution in [1.82, 2.24) is 0 Å². The zero-order valence-corrected chi connectivity index (χ0v) is 30.2. The van der Waals surface area contributed by atoms with Crippen molar-refractivity contribution in [2.24, 2.45) is 52.3 Å². The smallest absolute Gasteiger partial charge is 0.186 e. The summed E-state index contributed by atoms with van der Waals surface area (Å²) in [5.41, 5.74) is 0.502. The molecule has 21 atom stereocenters. The van der Waals surface area contributed by atoms with Crippen LogP contribution in [0.3, 0.4) is 0 Å². The van der Waals surface area contributed by atoms with E-state index in [4.69, 9.17) is 28.4 Å². The van der Waals surface area contributed by atoms with E-state index in [9.17, 15) is 30.6 Å². The topological polar surface area (TPSA) is 177 Å². The van der Waals surface area contributed by atoms with Gasteiger partial charge in [0.05, 0.1) is 32.0 Å². The summed E-state index contributed by atoms with van der Waals surface area (Å²) >= 11 is 0. The third-order valence-corrected chi connectivity index (χ3v) is 15.8. The average molecular weight is 711 g/mol. The van der Waals surface area contributed by atoms with Crippen LogP contribution in [-0.4, -0.2) is 124 Å². The fourth-order valence-electron chi connectivity index (χ4n) is 12.9. The van der Waals surface area contributed by atoms with Crippen LogP contribution in [0.2, 0.25) is 0 Å². The number of hydrogen-bond acceptors (Lipinski definition) is 12. The highest BCUT2D eigenvalue weighted by Crippen LogP contribution is 2.71. The molecule has 8 rings (SSSR count). The highest BCUT2D eigenvalue weighted by atomic mass is 16.7. The maximum absolute atomic E-state index is 11.1. The van der Waals surface area contributed by atoms with Gasteiger partial charge in [-0.3, -0.25) is 0 Å². The lowest BCUT2D eigenvalue weighted by Gasteiger charge is -2.61. The van der Waals surface area contributed by atoms with Crippen LogP contribution in [0, 0.1) is 52.3 Å². The van der Waals surface area contributed by atoms with E-state index in [1.165, 1.54) is 25.7 Å². The summed E-state index contributed by atoms with van der Waals surface area (Å²) in [6.07, 6.45) is -1.12. The zero-order valence-electron chi connectivity index (χ0n) is 30.2. The summed E-state index contributed by atoms with van der Waals surface area (Å²) in [4.78, 5) is 0. The molecule has 8 fully saturated rings. The molecule has 50 heavy (non-hydrogen) atoms. The molecule has 8 aliphatic rings. The Hall–Kier alpha value is -0.480. The second-order valence-corrected chi connectivity index (χ2v) is 18.3. The van der Waals surface area contributed by atoms with Crippen LogP contribution in [0.5, 0.6) is 0 Å². The molecule has 0 bridgehead atoms. The first kappa shape index (κ1) is 36.5. The van der Waals surface area contributed by atoms with Crippen LogP contribution in [0.15, 0.2) is 0 Å². The van der Waals surface area contributed by atoms with Gasteiger partial charge in [-0.1, -0.05) is 27.7 Å². The quantitative estimate of drug-likeness (QED) is 0.230. The molecule has 0 aromatic heterocycles. The van der Waals surface area contributed by atoms with Crippen LogP contribution >= 0.6 is 0 Å². The molecule has 0 aromatic rings. The first-order valence-electron chi connectivity index (χ1n) is 19.7.